The van der Waals surface area contributed by atoms with Crippen LogP contribution in [0.1, 0.15) is 6.42 Å². The van der Waals surface area contributed by atoms with Gasteiger partial charge in [-0.15, -0.1) is 0 Å². The number of hydrogen-bond acceptors (Lipinski definition) is 6. The van der Waals surface area contributed by atoms with Gasteiger partial charge >= 0.3 is 0 Å². The van der Waals surface area contributed by atoms with Crippen molar-refractivity contribution in [2.24, 2.45) is 0 Å². The average molecular weight is 353 g/mol. The van der Waals surface area contributed by atoms with Gasteiger partial charge in [-0.2, -0.15) is 0 Å². The first-order valence-corrected chi connectivity index (χ1v) is 9.41. The van der Waals surface area contributed by atoms with E-state index in [0.29, 0.717) is 23.1 Å². The van der Waals surface area contributed by atoms with Gasteiger partial charge in [0.15, 0.2) is 9.84 Å². The number of benzene rings is 1. The van der Waals surface area contributed by atoms with E-state index in [0.717, 1.165) is 5.69 Å². The van der Waals surface area contributed by atoms with Crippen molar-refractivity contribution in [2.45, 2.75) is 12.5 Å². The van der Waals surface area contributed by atoms with Gasteiger partial charge in [-0.05, 0) is 24.6 Å². The second-order valence-corrected chi connectivity index (χ2v) is 8.23. The van der Waals surface area contributed by atoms with Gasteiger partial charge in [-0.25, -0.2) is 18.4 Å². The van der Waals surface area contributed by atoms with Crippen molar-refractivity contribution < 1.29 is 8.42 Å². The molecule has 0 saturated carbocycles. The van der Waals surface area contributed by atoms with Crippen LogP contribution < -0.4 is 10.2 Å². The van der Waals surface area contributed by atoms with E-state index in [1.807, 2.05) is 24.1 Å². The van der Waals surface area contributed by atoms with Crippen LogP contribution in [0.3, 0.4) is 0 Å². The molecule has 122 valence electrons. The molecule has 8 heteroatoms. The Bertz CT molecular complexity index is 813. The molecule has 2 aromatic rings. The van der Waals surface area contributed by atoms with Crippen LogP contribution in [0.4, 0.5) is 17.3 Å². The van der Waals surface area contributed by atoms with Gasteiger partial charge in [0.05, 0.1) is 11.5 Å². The number of sulfone groups is 1. The molecule has 0 spiro atoms. The Morgan fingerprint density at radius 1 is 1.30 bits per heavy atom. The third-order valence-electron chi connectivity index (χ3n) is 3.87. The van der Waals surface area contributed by atoms with E-state index in [2.05, 4.69) is 15.3 Å². The highest BCUT2D eigenvalue weighted by Gasteiger charge is 2.31. The molecular formula is C15H17ClN4O2S. The van der Waals surface area contributed by atoms with Gasteiger partial charge < -0.3 is 10.2 Å². The van der Waals surface area contributed by atoms with Crippen LogP contribution in [0.5, 0.6) is 0 Å². The topological polar surface area (TPSA) is 75.2 Å². The predicted octanol–water partition coefficient (Wildman–Crippen LogP) is 2.50. The van der Waals surface area contributed by atoms with E-state index in [9.17, 15) is 8.42 Å². The molecule has 3 rings (SSSR count). The molecule has 2 heterocycles. The third kappa shape index (κ3) is 3.92. The maximum atomic E-state index is 11.6. The fourth-order valence-corrected chi connectivity index (χ4v) is 4.55. The highest BCUT2D eigenvalue weighted by Crippen LogP contribution is 2.24. The Labute approximate surface area is 140 Å². The van der Waals surface area contributed by atoms with E-state index in [1.54, 1.807) is 18.2 Å². The fraction of sp³-hybridized carbons (Fsp3) is 0.333. The lowest BCUT2D eigenvalue weighted by Crippen LogP contribution is -2.33. The van der Waals surface area contributed by atoms with Gasteiger partial charge in [-0.1, -0.05) is 17.7 Å². The van der Waals surface area contributed by atoms with Crippen LogP contribution in [0, 0.1) is 0 Å². The first kappa shape index (κ1) is 16.0. The van der Waals surface area contributed by atoms with E-state index in [1.165, 1.54) is 6.33 Å². The maximum absolute atomic E-state index is 11.6. The lowest BCUT2D eigenvalue weighted by molar-refractivity contribution is 0.600. The summed E-state index contributed by atoms with van der Waals surface area (Å²) in [5.74, 6) is 1.72. The van der Waals surface area contributed by atoms with E-state index in [4.69, 9.17) is 11.6 Å². The van der Waals surface area contributed by atoms with Crippen LogP contribution in [0.15, 0.2) is 36.7 Å². The first-order chi connectivity index (χ1) is 10.9. The normalized spacial score (nSPS) is 19.5. The number of nitrogens with zero attached hydrogens (tertiary/aromatic N) is 3. The number of aromatic nitrogens is 2. The molecule has 1 atom stereocenters. The Hall–Kier alpha value is -1.86. The molecule has 23 heavy (non-hydrogen) atoms. The number of rotatable bonds is 4. The SMILES string of the molecule is CN(c1cc(Nc2cccc(Cl)c2)ncn1)C1CCS(=O)(=O)C1. The van der Waals surface area contributed by atoms with Crippen molar-refractivity contribution in [1.29, 1.82) is 0 Å². The van der Waals surface area contributed by atoms with Gasteiger partial charge in [0.1, 0.15) is 18.0 Å². The van der Waals surface area contributed by atoms with Crippen LogP contribution >= 0.6 is 11.6 Å². The summed E-state index contributed by atoms with van der Waals surface area (Å²) in [6, 6.07) is 9.09. The molecule has 1 fully saturated rings. The molecule has 1 aromatic carbocycles. The Balaban J connectivity index is 1.77. The summed E-state index contributed by atoms with van der Waals surface area (Å²) < 4.78 is 23.3. The summed E-state index contributed by atoms with van der Waals surface area (Å²) in [7, 11) is -1.07. The van der Waals surface area contributed by atoms with Gasteiger partial charge in [0.2, 0.25) is 0 Å². The number of anilines is 3. The van der Waals surface area contributed by atoms with E-state index < -0.39 is 9.84 Å². The third-order valence-corrected chi connectivity index (χ3v) is 5.85. The minimum atomic E-state index is -2.93. The standard InChI is InChI=1S/C15H17ClN4O2S/c1-20(13-5-6-23(21,22)9-13)15-8-14(17-10-18-15)19-12-4-2-3-11(16)7-12/h2-4,7-8,10,13H,5-6,9H2,1H3,(H,17,18,19). The lowest BCUT2D eigenvalue weighted by Gasteiger charge is -2.24. The molecule has 1 N–H and O–H groups in total. The van der Waals surface area contributed by atoms with Crippen molar-refractivity contribution in [3.05, 3.63) is 41.7 Å². The van der Waals surface area contributed by atoms with Gasteiger partial charge in [0.25, 0.3) is 0 Å². The van der Waals surface area contributed by atoms with Crippen LogP contribution in [0.2, 0.25) is 5.02 Å². The molecule has 1 aliphatic heterocycles. The molecule has 0 radical (unpaired) electrons. The van der Waals surface area contributed by atoms with Crippen LogP contribution in [-0.4, -0.2) is 43.0 Å². The van der Waals surface area contributed by atoms with Crippen molar-refractivity contribution >= 4 is 38.8 Å². The summed E-state index contributed by atoms with van der Waals surface area (Å²) in [5, 5.41) is 3.80. The van der Waals surface area contributed by atoms with Crippen LogP contribution in [0.25, 0.3) is 0 Å². The van der Waals surface area contributed by atoms with Gasteiger partial charge in [0, 0.05) is 29.9 Å². The summed E-state index contributed by atoms with van der Waals surface area (Å²) >= 11 is 5.97. The second-order valence-electron chi connectivity index (χ2n) is 5.56. The summed E-state index contributed by atoms with van der Waals surface area (Å²) in [4.78, 5) is 10.3. The average Bonchev–Trinajstić information content (AvgIpc) is 2.87. The number of halogens is 1. The molecular weight excluding hydrogens is 336 g/mol. The Kier molecular flexibility index (Phi) is 4.41. The minimum absolute atomic E-state index is 0.0473. The van der Waals surface area contributed by atoms with Crippen molar-refractivity contribution in [1.82, 2.24) is 9.97 Å². The molecule has 0 amide bonds. The monoisotopic (exact) mass is 352 g/mol. The Morgan fingerprint density at radius 3 is 2.83 bits per heavy atom. The molecule has 0 bridgehead atoms. The van der Waals surface area contributed by atoms with Crippen LogP contribution in [-0.2, 0) is 9.84 Å². The molecule has 1 aromatic heterocycles. The van der Waals surface area contributed by atoms with Crippen molar-refractivity contribution in [2.75, 3.05) is 28.8 Å². The second kappa shape index (κ2) is 6.33. The highest BCUT2D eigenvalue weighted by atomic mass is 35.5. The molecule has 1 saturated heterocycles. The number of nitrogens with one attached hydrogen (secondary N) is 1. The minimum Gasteiger partial charge on any atom is -0.355 e. The molecule has 0 aliphatic carbocycles. The highest BCUT2D eigenvalue weighted by molar-refractivity contribution is 7.91. The fourth-order valence-electron chi connectivity index (χ4n) is 2.59. The quantitative estimate of drug-likeness (QED) is 0.911. The molecule has 1 unspecified atom stereocenters. The smallest absolute Gasteiger partial charge is 0.152 e. The summed E-state index contributed by atoms with van der Waals surface area (Å²) in [6.07, 6.45) is 2.09. The van der Waals surface area contributed by atoms with E-state index in [-0.39, 0.29) is 17.5 Å². The Morgan fingerprint density at radius 2 is 2.13 bits per heavy atom. The van der Waals surface area contributed by atoms with Crippen molar-refractivity contribution in [3.8, 4) is 0 Å². The number of hydrogen-bond donors (Lipinski definition) is 1. The molecule has 6 nitrogen and oxygen atoms in total. The summed E-state index contributed by atoms with van der Waals surface area (Å²) in [6.45, 7) is 0. The van der Waals surface area contributed by atoms with Gasteiger partial charge in [-0.3, -0.25) is 0 Å². The first-order valence-electron chi connectivity index (χ1n) is 7.21. The summed E-state index contributed by atoms with van der Waals surface area (Å²) in [5.41, 5.74) is 0.827. The zero-order valence-corrected chi connectivity index (χ0v) is 14.2. The molecule has 1 aliphatic rings. The lowest BCUT2D eigenvalue weighted by atomic mass is 10.2. The largest absolute Gasteiger partial charge is 0.355 e. The predicted molar refractivity (Wildman–Crippen MR) is 92.2 cm³/mol. The maximum Gasteiger partial charge on any atom is 0.152 e. The zero-order valence-electron chi connectivity index (χ0n) is 12.6. The van der Waals surface area contributed by atoms with Crippen molar-refractivity contribution in [3.63, 3.8) is 0 Å². The zero-order chi connectivity index (χ0) is 16.4. The van der Waals surface area contributed by atoms with E-state index >= 15 is 0 Å².